The van der Waals surface area contributed by atoms with Gasteiger partial charge in [0, 0.05) is 11.6 Å². The normalized spacial score (nSPS) is 14.8. The summed E-state index contributed by atoms with van der Waals surface area (Å²) in [6, 6.07) is 5.28. The van der Waals surface area contributed by atoms with Crippen LogP contribution in [0.3, 0.4) is 0 Å². The average molecular weight is 274 g/mol. The molecule has 0 amide bonds. The fourth-order valence-corrected chi connectivity index (χ4v) is 2.05. The Balaban J connectivity index is 3.08. The molecule has 0 heterocycles. The molecule has 0 saturated carbocycles. The van der Waals surface area contributed by atoms with Crippen LogP contribution in [0.5, 0.6) is 0 Å². The number of rotatable bonds is 4. The van der Waals surface area contributed by atoms with Crippen LogP contribution in [0.15, 0.2) is 24.3 Å². The molecule has 0 saturated heterocycles. The number of benzene rings is 1. The fourth-order valence-electron chi connectivity index (χ4n) is 2.05. The Morgan fingerprint density at radius 3 is 1.84 bits per heavy atom. The van der Waals surface area contributed by atoms with Crippen molar-refractivity contribution >= 4 is 0 Å². The van der Waals surface area contributed by atoms with E-state index in [4.69, 9.17) is 0 Å². The van der Waals surface area contributed by atoms with Crippen molar-refractivity contribution in [2.24, 2.45) is 0 Å². The van der Waals surface area contributed by atoms with Crippen LogP contribution in [0, 0.1) is 0 Å². The maximum absolute atomic E-state index is 12.5. The molecule has 0 aliphatic rings. The first kappa shape index (κ1) is 16.0. The number of nitrogens with one attached hydrogen (secondary N) is 1. The van der Waals surface area contributed by atoms with E-state index in [1.807, 2.05) is 39.9 Å². The third-order valence-corrected chi connectivity index (χ3v) is 3.72. The minimum atomic E-state index is -4.29. The number of alkyl halides is 3. The number of hydrogen-bond donors (Lipinski definition) is 1. The average Bonchev–Trinajstić information content (AvgIpc) is 2.28. The van der Waals surface area contributed by atoms with E-state index >= 15 is 0 Å². The number of halogens is 3. The molecule has 1 unspecified atom stereocenters. The second-order valence-corrected chi connectivity index (χ2v) is 5.39. The van der Waals surface area contributed by atoms with Gasteiger partial charge in [0.1, 0.15) is 0 Å². The van der Waals surface area contributed by atoms with E-state index in [2.05, 4.69) is 5.32 Å². The van der Waals surface area contributed by atoms with Crippen molar-refractivity contribution in [2.45, 2.75) is 31.6 Å². The van der Waals surface area contributed by atoms with Gasteiger partial charge in [-0.15, -0.1) is 0 Å². The molecule has 0 radical (unpaired) electrons. The second-order valence-electron chi connectivity index (χ2n) is 5.39. The van der Waals surface area contributed by atoms with Crippen LogP contribution < -0.4 is 5.32 Å². The Bertz CT molecular complexity index is 408. The zero-order chi connectivity index (χ0) is 14.8. The largest absolute Gasteiger partial charge is 0.416 e. The highest BCUT2D eigenvalue weighted by atomic mass is 19.4. The van der Waals surface area contributed by atoms with Gasteiger partial charge >= 0.3 is 6.18 Å². The van der Waals surface area contributed by atoms with Crippen LogP contribution in [0.25, 0.3) is 0 Å². The third-order valence-electron chi connectivity index (χ3n) is 3.72. The molecule has 0 aliphatic heterocycles. The molecule has 0 fully saturated rings. The highest BCUT2D eigenvalue weighted by Crippen LogP contribution is 2.33. The lowest BCUT2D eigenvalue weighted by atomic mass is 9.87. The summed E-state index contributed by atoms with van der Waals surface area (Å²) in [5, 5.41) is 3.18. The van der Waals surface area contributed by atoms with E-state index < -0.39 is 11.7 Å². The Morgan fingerprint density at radius 1 is 1.05 bits per heavy atom. The maximum Gasteiger partial charge on any atom is 0.416 e. The molecule has 0 aliphatic carbocycles. The summed E-state index contributed by atoms with van der Waals surface area (Å²) in [5.41, 5.74) is 0.0112. The zero-order valence-electron chi connectivity index (χ0n) is 12.0. The topological polar surface area (TPSA) is 15.3 Å². The summed E-state index contributed by atoms with van der Waals surface area (Å²) in [6.07, 6.45) is -4.29. The molecule has 0 bridgehead atoms. The highest BCUT2D eigenvalue weighted by molar-refractivity contribution is 5.28. The Labute approximate surface area is 112 Å². The molecule has 1 aromatic carbocycles. The van der Waals surface area contributed by atoms with Crippen molar-refractivity contribution in [1.82, 2.24) is 10.2 Å². The van der Waals surface area contributed by atoms with Gasteiger partial charge in [-0.2, -0.15) is 13.2 Å². The quantitative estimate of drug-likeness (QED) is 0.906. The van der Waals surface area contributed by atoms with Crippen LogP contribution in [-0.2, 0) is 6.18 Å². The summed E-state index contributed by atoms with van der Waals surface area (Å²) < 4.78 is 37.6. The summed E-state index contributed by atoms with van der Waals surface area (Å²) in [4.78, 5) is 2.05. The van der Waals surface area contributed by atoms with Crippen molar-refractivity contribution in [3.05, 3.63) is 35.4 Å². The maximum atomic E-state index is 12.5. The predicted molar refractivity (Wildman–Crippen MR) is 71.0 cm³/mol. The molecular weight excluding hydrogens is 253 g/mol. The van der Waals surface area contributed by atoms with E-state index in [1.165, 1.54) is 12.1 Å². The van der Waals surface area contributed by atoms with Gasteiger partial charge in [-0.3, -0.25) is 0 Å². The van der Waals surface area contributed by atoms with Crippen LogP contribution in [-0.4, -0.2) is 31.6 Å². The van der Waals surface area contributed by atoms with Gasteiger partial charge in [-0.25, -0.2) is 0 Å². The van der Waals surface area contributed by atoms with Gasteiger partial charge in [0.15, 0.2) is 0 Å². The predicted octanol–water partition coefficient (Wildman–Crippen LogP) is 3.31. The molecule has 2 nitrogen and oxygen atoms in total. The molecule has 1 atom stereocenters. The van der Waals surface area contributed by atoms with E-state index in [0.717, 1.165) is 17.7 Å². The fraction of sp³-hybridized carbons (Fsp3) is 0.571. The summed E-state index contributed by atoms with van der Waals surface area (Å²) in [5.74, 6) is 0. The Hall–Kier alpha value is -1.07. The standard InChI is InChI=1S/C14H21F3N2/c1-13(2,19(4)5)12(18-3)10-6-8-11(9-7-10)14(15,16)17/h6-9,12,18H,1-5H3. The van der Waals surface area contributed by atoms with Crippen molar-refractivity contribution in [1.29, 1.82) is 0 Å². The van der Waals surface area contributed by atoms with Gasteiger partial charge in [0.25, 0.3) is 0 Å². The number of hydrogen-bond acceptors (Lipinski definition) is 2. The minimum absolute atomic E-state index is 0.0511. The molecular formula is C14H21F3N2. The zero-order valence-corrected chi connectivity index (χ0v) is 12.0. The lowest BCUT2D eigenvalue weighted by Gasteiger charge is -2.40. The first-order valence-electron chi connectivity index (χ1n) is 6.12. The van der Waals surface area contributed by atoms with Crippen molar-refractivity contribution in [2.75, 3.05) is 21.1 Å². The van der Waals surface area contributed by atoms with Gasteiger partial charge in [-0.05, 0) is 52.7 Å². The molecule has 1 N–H and O–H groups in total. The molecule has 0 aromatic heterocycles. The van der Waals surface area contributed by atoms with E-state index in [-0.39, 0.29) is 11.6 Å². The van der Waals surface area contributed by atoms with Crippen LogP contribution >= 0.6 is 0 Å². The van der Waals surface area contributed by atoms with Gasteiger partial charge in [0.2, 0.25) is 0 Å². The Morgan fingerprint density at radius 2 is 1.53 bits per heavy atom. The van der Waals surface area contributed by atoms with Crippen LogP contribution in [0.4, 0.5) is 13.2 Å². The second kappa shape index (κ2) is 5.51. The van der Waals surface area contributed by atoms with E-state index in [9.17, 15) is 13.2 Å². The third kappa shape index (κ3) is 3.48. The molecule has 0 spiro atoms. The van der Waals surface area contributed by atoms with Gasteiger partial charge in [0.05, 0.1) is 5.56 Å². The molecule has 1 aromatic rings. The van der Waals surface area contributed by atoms with Gasteiger partial charge in [-0.1, -0.05) is 12.1 Å². The SMILES string of the molecule is CNC(c1ccc(C(F)(F)F)cc1)C(C)(C)N(C)C. The number of likely N-dealkylation sites (N-methyl/N-ethyl adjacent to an activating group) is 2. The molecule has 1 rings (SSSR count). The molecule has 5 heteroatoms. The summed E-state index contributed by atoms with van der Waals surface area (Å²) in [6.45, 7) is 4.09. The van der Waals surface area contributed by atoms with Crippen molar-refractivity contribution in [3.8, 4) is 0 Å². The summed E-state index contributed by atoms with van der Waals surface area (Å²) >= 11 is 0. The van der Waals surface area contributed by atoms with E-state index in [1.54, 1.807) is 0 Å². The lowest BCUT2D eigenvalue weighted by molar-refractivity contribution is -0.137. The monoisotopic (exact) mass is 274 g/mol. The highest BCUT2D eigenvalue weighted by Gasteiger charge is 2.33. The van der Waals surface area contributed by atoms with Gasteiger partial charge < -0.3 is 10.2 Å². The smallest absolute Gasteiger partial charge is 0.311 e. The first-order chi connectivity index (χ1) is 8.60. The number of nitrogens with zero attached hydrogens (tertiary/aromatic N) is 1. The van der Waals surface area contributed by atoms with Crippen LogP contribution in [0.1, 0.15) is 31.0 Å². The van der Waals surface area contributed by atoms with Crippen molar-refractivity contribution in [3.63, 3.8) is 0 Å². The van der Waals surface area contributed by atoms with Crippen LogP contribution in [0.2, 0.25) is 0 Å². The molecule has 19 heavy (non-hydrogen) atoms. The Kier molecular flexibility index (Phi) is 4.63. The summed E-state index contributed by atoms with van der Waals surface area (Å²) in [7, 11) is 5.72. The molecule has 108 valence electrons. The first-order valence-corrected chi connectivity index (χ1v) is 6.12. The van der Waals surface area contributed by atoms with E-state index in [0.29, 0.717) is 0 Å². The van der Waals surface area contributed by atoms with Crippen molar-refractivity contribution < 1.29 is 13.2 Å². The lowest BCUT2D eigenvalue weighted by Crippen LogP contribution is -2.48. The minimum Gasteiger partial charge on any atom is -0.311 e.